The summed E-state index contributed by atoms with van der Waals surface area (Å²) in [5.41, 5.74) is 0. The molecule has 0 aliphatic rings. The molecule has 0 rings (SSSR count). The third-order valence-corrected chi connectivity index (χ3v) is 0. The average molecular weight is 311 g/mol. The Morgan fingerprint density at radius 3 is 1.25 bits per heavy atom. The molecule has 0 N–H and O–H groups in total. The summed E-state index contributed by atoms with van der Waals surface area (Å²) in [6.45, 7) is 0. The molecule has 1 nitrogen and oxygen atoms in total. The van der Waals surface area contributed by atoms with Crippen molar-refractivity contribution in [3.8, 4) is 0 Å². The Hall–Kier alpha value is 3.14. The van der Waals surface area contributed by atoms with Gasteiger partial charge in [0, 0.05) is 40.4 Å². The van der Waals surface area contributed by atoms with Crippen LogP contribution in [0, 0.1) is 40.4 Å². The zero-order valence-corrected chi connectivity index (χ0v) is 4.99. The molecule has 0 aliphatic carbocycles. The van der Waals surface area contributed by atoms with Gasteiger partial charge in [-0.05, 0) is 0 Å². The van der Waals surface area contributed by atoms with Crippen LogP contribution in [-0.4, -0.2) is 45.5 Å². The molecule has 0 heterocycles. The number of hydrogen-bond donors (Lipinski definition) is 0. The van der Waals surface area contributed by atoms with Crippen molar-refractivity contribution < 1.29 is 60.2 Å². The van der Waals surface area contributed by atoms with E-state index in [0.717, 1.165) is 0 Å². The molecule has 0 aromatic rings. The Morgan fingerprint density at radius 2 is 1.25 bits per heavy atom. The molecule has 4 heteroatoms. The molecule has 0 aromatic heterocycles. The van der Waals surface area contributed by atoms with E-state index in [2.05, 4.69) is 0 Å². The standard InChI is InChI=1S/Mn.O.Sm.Sr.2H. The number of rotatable bonds is 0. The van der Waals surface area contributed by atoms with Crippen molar-refractivity contribution >= 4 is 45.5 Å². The van der Waals surface area contributed by atoms with Crippen LogP contribution < -0.4 is 0 Å². The van der Waals surface area contributed by atoms with E-state index in [-0.39, 0.29) is 85.9 Å². The van der Waals surface area contributed by atoms with Gasteiger partial charge in [-0.1, -0.05) is 0 Å². The van der Waals surface area contributed by atoms with Crippen LogP contribution in [0.1, 0.15) is 0 Å². The maximum atomic E-state index is 8.06. The minimum atomic E-state index is 0. The molecule has 0 unspecified atom stereocenters. The van der Waals surface area contributed by atoms with Gasteiger partial charge in [-0.15, -0.1) is 0 Å². The van der Waals surface area contributed by atoms with Gasteiger partial charge in [-0.25, -0.2) is 0 Å². The minimum absolute atomic E-state index is 0. The summed E-state index contributed by atoms with van der Waals surface area (Å²) in [5, 5.41) is 0. The molecule has 0 atom stereocenters. The fourth-order valence-electron chi connectivity index (χ4n) is 0. The van der Waals surface area contributed by atoms with E-state index in [0.29, 0.717) is 0 Å². The van der Waals surface area contributed by atoms with Crippen LogP contribution in [0.3, 0.4) is 0 Å². The van der Waals surface area contributed by atoms with Gasteiger partial charge in [0.1, 0.15) is 0 Å². The predicted molar refractivity (Wildman–Crippen MR) is 9.23 cm³/mol. The SMILES string of the molecule is [O]=[Mn].[Sm].[SrH2]. The van der Waals surface area contributed by atoms with Crippen LogP contribution in [-0.2, 0) is 19.8 Å². The van der Waals surface area contributed by atoms with Gasteiger partial charge in [-0.3, -0.25) is 0 Å². The van der Waals surface area contributed by atoms with E-state index >= 15 is 0 Å². The normalized spacial score (nSPS) is 1.00. The molecular weight excluding hydrogens is 309 g/mol. The third-order valence-electron chi connectivity index (χ3n) is 0. The molecule has 0 spiro atoms. The third kappa shape index (κ3) is 8.93. The van der Waals surface area contributed by atoms with E-state index < -0.39 is 0 Å². The second-order valence-corrected chi connectivity index (χ2v) is 0. The molecule has 4 heavy (non-hydrogen) atoms. The van der Waals surface area contributed by atoms with Gasteiger partial charge in [0.25, 0.3) is 0 Å². The molecule has 0 fully saturated rings. The first-order valence-electron chi connectivity index (χ1n) is 0.154. The van der Waals surface area contributed by atoms with Gasteiger partial charge in [0.05, 0.1) is 0 Å². The maximum absolute atomic E-state index is 8.06. The summed E-state index contributed by atoms with van der Waals surface area (Å²) in [6, 6.07) is 0. The van der Waals surface area contributed by atoms with Gasteiger partial charge < -0.3 is 0 Å². The van der Waals surface area contributed by atoms with Crippen LogP contribution in [0.5, 0.6) is 0 Å². The monoisotopic (exact) mass is 313 g/mol. The molecule has 0 radical (unpaired) electrons. The van der Waals surface area contributed by atoms with Gasteiger partial charge in [0.2, 0.25) is 0 Å². The predicted octanol–water partition coefficient (Wildman–Crippen LogP) is -1.04. The number of hydrogen-bond acceptors (Lipinski definition) is 1. The molecule has 0 aliphatic heterocycles. The summed E-state index contributed by atoms with van der Waals surface area (Å²) in [6.07, 6.45) is 0. The van der Waals surface area contributed by atoms with Crippen LogP contribution >= 0.6 is 0 Å². The van der Waals surface area contributed by atoms with Crippen molar-refractivity contribution in [2.45, 2.75) is 0 Å². The van der Waals surface area contributed by atoms with Crippen molar-refractivity contribution in [2.75, 3.05) is 0 Å². The molecule has 0 bridgehead atoms. The first-order chi connectivity index (χ1) is 1.00. The first-order valence-corrected chi connectivity index (χ1v) is 0.636. The van der Waals surface area contributed by atoms with E-state index in [1.807, 2.05) is 0 Å². The van der Waals surface area contributed by atoms with Crippen molar-refractivity contribution in [1.82, 2.24) is 0 Å². The molecule has 23 valence electrons. The summed E-state index contributed by atoms with van der Waals surface area (Å²) in [7, 11) is 0. The Bertz CT molecular complexity index is 8.00. The van der Waals surface area contributed by atoms with Gasteiger partial charge in [0.15, 0.2) is 0 Å². The van der Waals surface area contributed by atoms with Crippen LogP contribution in [0.4, 0.5) is 0 Å². The van der Waals surface area contributed by atoms with Crippen LogP contribution in [0.15, 0.2) is 0 Å². The second kappa shape index (κ2) is 16.5. The zero-order chi connectivity index (χ0) is 2.00. The van der Waals surface area contributed by atoms with Gasteiger partial charge in [-0.2, -0.15) is 0 Å². The van der Waals surface area contributed by atoms with E-state index in [9.17, 15) is 0 Å². The summed E-state index contributed by atoms with van der Waals surface area (Å²) in [4.78, 5) is 0. The van der Waals surface area contributed by atoms with E-state index in [1.165, 1.54) is 0 Å². The topological polar surface area (TPSA) is 17.1 Å². The van der Waals surface area contributed by atoms with Crippen LogP contribution in [0.2, 0.25) is 0 Å². The Morgan fingerprint density at radius 1 is 1.25 bits per heavy atom. The van der Waals surface area contributed by atoms with E-state index in [4.69, 9.17) is 3.83 Å². The summed E-state index contributed by atoms with van der Waals surface area (Å²) in [5.74, 6) is 0. The first kappa shape index (κ1) is 15.7. The summed E-state index contributed by atoms with van der Waals surface area (Å²) < 4.78 is 8.06. The fourth-order valence-corrected chi connectivity index (χ4v) is 0. The second-order valence-electron chi connectivity index (χ2n) is 0. The van der Waals surface area contributed by atoms with E-state index in [1.54, 1.807) is 15.9 Å². The Balaban J connectivity index is -0.00000000500. The fraction of sp³-hybridized carbons (Fsp3) is 0. The van der Waals surface area contributed by atoms with Gasteiger partial charge >= 0.3 is 65.3 Å². The quantitative estimate of drug-likeness (QED) is 0.523. The van der Waals surface area contributed by atoms with Crippen molar-refractivity contribution in [3.05, 3.63) is 0 Å². The van der Waals surface area contributed by atoms with Crippen molar-refractivity contribution in [1.29, 1.82) is 0 Å². The molecular formula is H2MnOSmSr. The van der Waals surface area contributed by atoms with Crippen molar-refractivity contribution in [3.63, 3.8) is 0 Å². The summed E-state index contributed by atoms with van der Waals surface area (Å²) >= 11 is 1.69. The molecule has 0 saturated carbocycles. The van der Waals surface area contributed by atoms with Crippen molar-refractivity contribution in [2.24, 2.45) is 0 Å². The Labute approximate surface area is 103 Å². The zero-order valence-electron chi connectivity index (χ0n) is 1.19. The molecule has 0 amide bonds. The average Bonchev–Trinajstić information content (AvgIpc) is 1.00. The molecule has 0 aromatic carbocycles. The van der Waals surface area contributed by atoms with Crippen LogP contribution in [0.25, 0.3) is 0 Å². The molecule has 0 saturated heterocycles. The Kier molecular flexibility index (Phi) is 64.6.